The van der Waals surface area contributed by atoms with Crippen LogP contribution in [-0.2, 0) is 16.0 Å². The number of carbonyl (C=O) groups excluding carboxylic acids is 2. The zero-order valence-electron chi connectivity index (χ0n) is 18.7. The van der Waals surface area contributed by atoms with Crippen molar-refractivity contribution in [1.82, 2.24) is 0 Å². The predicted octanol–water partition coefficient (Wildman–Crippen LogP) is 6.02. The van der Waals surface area contributed by atoms with Crippen molar-refractivity contribution in [3.63, 3.8) is 0 Å². The summed E-state index contributed by atoms with van der Waals surface area (Å²) >= 11 is 7.55. The summed E-state index contributed by atoms with van der Waals surface area (Å²) in [4.78, 5) is 28.2. The number of carbonyl (C=O) groups is 2. The minimum absolute atomic E-state index is 0.107. The molecule has 1 N–H and O–H groups in total. The van der Waals surface area contributed by atoms with Crippen LogP contribution < -0.4 is 10.2 Å². The molecule has 7 heteroatoms. The zero-order chi connectivity index (χ0) is 24.2. The number of hydrogen-bond acceptors (Lipinski definition) is 4. The molecule has 0 aromatic heterocycles. The van der Waals surface area contributed by atoms with E-state index in [1.165, 1.54) is 16.7 Å². The van der Waals surface area contributed by atoms with Crippen molar-refractivity contribution in [2.75, 3.05) is 10.2 Å². The maximum atomic E-state index is 13.5. The van der Waals surface area contributed by atoms with E-state index in [1.54, 1.807) is 24.3 Å². The second kappa shape index (κ2) is 10.2. The third-order valence-corrected chi connectivity index (χ3v) is 7.37. The van der Waals surface area contributed by atoms with Gasteiger partial charge in [-0.15, -0.1) is 0 Å². The molecule has 5 nitrogen and oxygen atoms in total. The van der Waals surface area contributed by atoms with Gasteiger partial charge in [-0.3, -0.25) is 14.5 Å². The average Bonchev–Trinajstić information content (AvgIpc) is 3.15. The summed E-state index contributed by atoms with van der Waals surface area (Å²) < 4.78 is 0. The number of anilines is 2. The molecule has 2 amide bonds. The zero-order valence-corrected chi connectivity index (χ0v) is 20.3. The Morgan fingerprint density at radius 2 is 1.76 bits per heavy atom. The number of thioether (sulfide) groups is 1. The van der Waals surface area contributed by atoms with Gasteiger partial charge in [0, 0.05) is 16.4 Å². The minimum Gasteiger partial charge on any atom is -0.321 e. The Kier molecular flexibility index (Phi) is 7.06. The summed E-state index contributed by atoms with van der Waals surface area (Å²) in [5, 5.41) is 13.2. The normalized spacial score (nSPS) is 16.8. The van der Waals surface area contributed by atoms with Crippen LogP contribution in [0.3, 0.4) is 0 Å². The van der Waals surface area contributed by atoms with Gasteiger partial charge in [-0.25, -0.2) is 0 Å². The third-order valence-electron chi connectivity index (χ3n) is 5.74. The van der Waals surface area contributed by atoms with Gasteiger partial charge in [0.05, 0.1) is 5.25 Å². The van der Waals surface area contributed by atoms with Crippen molar-refractivity contribution in [2.24, 2.45) is 0 Å². The molecule has 1 unspecified atom stereocenters. The maximum Gasteiger partial charge on any atom is 0.269 e. The van der Waals surface area contributed by atoms with Gasteiger partial charge in [0.2, 0.25) is 5.91 Å². The lowest BCUT2D eigenvalue weighted by atomic mass is 10.1. The highest BCUT2D eigenvalue weighted by Crippen LogP contribution is 2.42. The SMILES string of the molecule is Cc1cccc(NC(=O)/C(C#N)=C2/SC(Cc3ccccc3Cl)C(=O)N2c2ccccc2)c1C. The Bertz CT molecular complexity index is 1330. The standard InChI is InChI=1S/C27H22ClN3O2S/c1-17-9-8-14-23(18(17)2)30-25(32)21(16-29)27-31(20-11-4-3-5-12-20)26(33)24(34-27)15-19-10-6-7-13-22(19)28/h3-14,24H,15H2,1-2H3,(H,30,32)/b27-21+. The van der Waals surface area contributed by atoms with Crippen LogP contribution in [0, 0.1) is 25.2 Å². The van der Waals surface area contributed by atoms with Crippen LogP contribution in [0.2, 0.25) is 5.02 Å². The van der Waals surface area contributed by atoms with E-state index in [0.29, 0.717) is 27.8 Å². The Hall–Kier alpha value is -3.53. The van der Waals surface area contributed by atoms with E-state index in [-0.39, 0.29) is 11.5 Å². The molecule has 1 aliphatic rings. The lowest BCUT2D eigenvalue weighted by molar-refractivity contribution is -0.117. The van der Waals surface area contributed by atoms with Crippen LogP contribution in [0.4, 0.5) is 11.4 Å². The molecule has 1 saturated heterocycles. The van der Waals surface area contributed by atoms with Crippen LogP contribution in [0.1, 0.15) is 16.7 Å². The molecule has 0 bridgehead atoms. The van der Waals surface area contributed by atoms with Crippen molar-refractivity contribution in [3.8, 4) is 6.07 Å². The van der Waals surface area contributed by atoms with Gasteiger partial charge < -0.3 is 5.32 Å². The molecule has 0 radical (unpaired) electrons. The summed E-state index contributed by atoms with van der Waals surface area (Å²) in [6.07, 6.45) is 0.382. The van der Waals surface area contributed by atoms with Gasteiger partial charge in [0.25, 0.3) is 5.91 Å². The number of amides is 2. The first kappa shape index (κ1) is 23.6. The molecule has 1 atom stereocenters. The molecule has 4 rings (SSSR count). The number of aryl methyl sites for hydroxylation is 1. The fourth-order valence-electron chi connectivity index (χ4n) is 3.73. The number of hydrogen-bond donors (Lipinski definition) is 1. The van der Waals surface area contributed by atoms with Crippen molar-refractivity contribution >= 4 is 46.6 Å². The first-order valence-electron chi connectivity index (χ1n) is 10.7. The Labute approximate surface area is 208 Å². The monoisotopic (exact) mass is 487 g/mol. The molecule has 0 spiro atoms. The van der Waals surface area contributed by atoms with Gasteiger partial charge in [-0.05, 0) is 61.2 Å². The lowest BCUT2D eigenvalue weighted by Gasteiger charge is -2.19. The number of nitriles is 1. The third kappa shape index (κ3) is 4.72. The second-order valence-corrected chi connectivity index (χ2v) is 9.50. The number of benzene rings is 3. The van der Waals surface area contributed by atoms with Crippen LogP contribution in [-0.4, -0.2) is 17.1 Å². The molecule has 0 saturated carbocycles. The number of nitrogens with zero attached hydrogens (tertiary/aromatic N) is 2. The first-order valence-corrected chi connectivity index (χ1v) is 12.0. The highest BCUT2D eigenvalue weighted by atomic mass is 35.5. The summed E-state index contributed by atoms with van der Waals surface area (Å²) in [7, 11) is 0. The van der Waals surface area contributed by atoms with Crippen LogP contribution in [0.15, 0.2) is 83.4 Å². The highest BCUT2D eigenvalue weighted by molar-refractivity contribution is 8.05. The van der Waals surface area contributed by atoms with E-state index in [9.17, 15) is 14.9 Å². The Morgan fingerprint density at radius 1 is 1.06 bits per heavy atom. The Balaban J connectivity index is 1.74. The van der Waals surface area contributed by atoms with Crippen molar-refractivity contribution in [1.29, 1.82) is 5.26 Å². The molecule has 1 aliphatic heterocycles. The molecule has 3 aromatic rings. The molecule has 0 aliphatic carbocycles. The van der Waals surface area contributed by atoms with Gasteiger partial charge in [-0.2, -0.15) is 5.26 Å². The number of para-hydroxylation sites is 1. The summed E-state index contributed by atoms with van der Waals surface area (Å²) in [6, 6.07) is 24.1. The largest absolute Gasteiger partial charge is 0.321 e. The minimum atomic E-state index is -0.550. The number of nitrogens with one attached hydrogen (secondary N) is 1. The van der Waals surface area contributed by atoms with Gasteiger partial charge in [-0.1, -0.05) is 71.9 Å². The Morgan fingerprint density at radius 3 is 2.47 bits per heavy atom. The van der Waals surface area contributed by atoms with E-state index in [2.05, 4.69) is 5.32 Å². The smallest absolute Gasteiger partial charge is 0.269 e. The molecular weight excluding hydrogens is 466 g/mol. The van der Waals surface area contributed by atoms with Crippen LogP contribution >= 0.6 is 23.4 Å². The molecule has 1 heterocycles. The van der Waals surface area contributed by atoms with Gasteiger partial charge >= 0.3 is 0 Å². The van der Waals surface area contributed by atoms with Crippen LogP contribution in [0.25, 0.3) is 0 Å². The highest BCUT2D eigenvalue weighted by Gasteiger charge is 2.41. The first-order chi connectivity index (χ1) is 16.4. The van der Waals surface area contributed by atoms with E-state index in [4.69, 9.17) is 11.6 Å². The van der Waals surface area contributed by atoms with E-state index >= 15 is 0 Å². The van der Waals surface area contributed by atoms with E-state index in [1.807, 2.05) is 68.4 Å². The molecule has 170 valence electrons. The fraction of sp³-hybridized carbons (Fsp3) is 0.148. The maximum absolute atomic E-state index is 13.5. The van der Waals surface area contributed by atoms with E-state index < -0.39 is 11.2 Å². The summed E-state index contributed by atoms with van der Waals surface area (Å²) in [6.45, 7) is 3.87. The lowest BCUT2D eigenvalue weighted by Crippen LogP contribution is -2.31. The molecule has 3 aromatic carbocycles. The number of halogens is 1. The van der Waals surface area contributed by atoms with E-state index in [0.717, 1.165) is 16.7 Å². The summed E-state index contributed by atoms with van der Waals surface area (Å²) in [5.41, 5.74) is 3.91. The predicted molar refractivity (Wildman–Crippen MR) is 138 cm³/mol. The topological polar surface area (TPSA) is 73.2 Å². The number of rotatable bonds is 5. The summed E-state index contributed by atoms with van der Waals surface area (Å²) in [5.74, 6) is -0.746. The molecule has 1 fully saturated rings. The van der Waals surface area contributed by atoms with Gasteiger partial charge in [0.1, 0.15) is 16.7 Å². The quantitative estimate of drug-likeness (QED) is 0.352. The fourth-order valence-corrected chi connectivity index (χ4v) is 5.24. The molecule has 34 heavy (non-hydrogen) atoms. The van der Waals surface area contributed by atoms with Crippen molar-refractivity contribution < 1.29 is 9.59 Å². The van der Waals surface area contributed by atoms with Crippen molar-refractivity contribution in [2.45, 2.75) is 25.5 Å². The average molecular weight is 488 g/mol. The van der Waals surface area contributed by atoms with Crippen molar-refractivity contribution in [3.05, 3.63) is 105 Å². The van der Waals surface area contributed by atoms with Gasteiger partial charge in [0.15, 0.2) is 0 Å². The second-order valence-electron chi connectivity index (χ2n) is 7.90. The van der Waals surface area contributed by atoms with Crippen LogP contribution in [0.5, 0.6) is 0 Å². The molecular formula is C27H22ClN3O2S.